The molecule has 0 aliphatic carbocycles. The van der Waals surface area contributed by atoms with Crippen LogP contribution in [0.15, 0.2) is 22.7 Å². The Morgan fingerprint density at radius 2 is 2.05 bits per heavy atom. The van der Waals surface area contributed by atoms with Gasteiger partial charge in [-0.15, -0.1) is 0 Å². The van der Waals surface area contributed by atoms with Gasteiger partial charge in [0.1, 0.15) is 5.75 Å². The van der Waals surface area contributed by atoms with Crippen LogP contribution in [0.3, 0.4) is 0 Å². The van der Waals surface area contributed by atoms with Crippen LogP contribution in [0.2, 0.25) is 0 Å². The minimum atomic E-state index is -0.112. The highest BCUT2D eigenvalue weighted by Crippen LogP contribution is 2.26. The number of carbonyl (C=O) groups is 1. The summed E-state index contributed by atoms with van der Waals surface area (Å²) in [6.45, 7) is 9.10. The van der Waals surface area contributed by atoms with Gasteiger partial charge in [-0.25, -0.2) is 0 Å². The Morgan fingerprint density at radius 1 is 1.43 bits per heavy atom. The van der Waals surface area contributed by atoms with Crippen LogP contribution in [-0.2, 0) is 0 Å². The third kappa shape index (κ3) is 5.32. The Labute approximate surface area is 135 Å². The van der Waals surface area contributed by atoms with E-state index < -0.39 is 0 Å². The van der Waals surface area contributed by atoms with Crippen molar-refractivity contribution in [2.45, 2.75) is 33.8 Å². The first-order valence-corrected chi connectivity index (χ1v) is 7.87. The van der Waals surface area contributed by atoms with Crippen molar-refractivity contribution in [2.75, 3.05) is 20.1 Å². The quantitative estimate of drug-likeness (QED) is 0.850. The maximum absolute atomic E-state index is 12.6. The van der Waals surface area contributed by atoms with E-state index in [4.69, 9.17) is 10.5 Å². The van der Waals surface area contributed by atoms with Crippen LogP contribution in [0.25, 0.3) is 0 Å². The van der Waals surface area contributed by atoms with Crippen LogP contribution in [0, 0.1) is 5.41 Å². The molecule has 0 bridgehead atoms. The Balaban J connectivity index is 3.01. The third-order valence-corrected chi connectivity index (χ3v) is 3.59. The number of rotatable bonds is 6. The first-order valence-electron chi connectivity index (χ1n) is 7.08. The highest BCUT2D eigenvalue weighted by molar-refractivity contribution is 9.10. The van der Waals surface area contributed by atoms with Gasteiger partial charge in [0.2, 0.25) is 0 Å². The lowest BCUT2D eigenvalue weighted by Gasteiger charge is -2.29. The molecule has 0 aromatic heterocycles. The number of ether oxygens (including phenoxy) is 1. The number of halogens is 1. The van der Waals surface area contributed by atoms with Gasteiger partial charge < -0.3 is 15.4 Å². The Kier molecular flexibility index (Phi) is 6.23. The molecule has 1 rings (SSSR count). The number of carbonyl (C=O) groups excluding carboxylic acids is 1. The van der Waals surface area contributed by atoms with E-state index in [2.05, 4.69) is 15.9 Å². The molecule has 0 spiro atoms. The summed E-state index contributed by atoms with van der Waals surface area (Å²) in [4.78, 5) is 14.3. The summed E-state index contributed by atoms with van der Waals surface area (Å²) in [7, 11) is 1.79. The molecule has 0 aliphatic rings. The predicted molar refractivity (Wildman–Crippen MR) is 89.7 cm³/mol. The van der Waals surface area contributed by atoms with Crippen LogP contribution in [0.4, 0.5) is 0 Å². The van der Waals surface area contributed by atoms with Crippen molar-refractivity contribution in [1.82, 2.24) is 4.90 Å². The van der Waals surface area contributed by atoms with E-state index in [-0.39, 0.29) is 17.4 Å². The molecule has 1 aromatic rings. The molecule has 118 valence electrons. The number of benzene rings is 1. The van der Waals surface area contributed by atoms with Gasteiger partial charge in [0, 0.05) is 18.1 Å². The number of hydrogen-bond acceptors (Lipinski definition) is 3. The summed E-state index contributed by atoms with van der Waals surface area (Å²) in [5, 5.41) is 0. The van der Waals surface area contributed by atoms with Crippen LogP contribution >= 0.6 is 15.9 Å². The lowest BCUT2D eigenvalue weighted by molar-refractivity contribution is 0.0734. The number of amides is 1. The Bertz CT molecular complexity index is 501. The van der Waals surface area contributed by atoms with Crippen molar-refractivity contribution < 1.29 is 9.53 Å². The topological polar surface area (TPSA) is 55.6 Å². The fourth-order valence-corrected chi connectivity index (χ4v) is 2.35. The zero-order valence-corrected chi connectivity index (χ0v) is 15.0. The van der Waals surface area contributed by atoms with Crippen LogP contribution in [0.5, 0.6) is 5.75 Å². The average molecular weight is 357 g/mol. The van der Waals surface area contributed by atoms with E-state index >= 15 is 0 Å². The second-order valence-corrected chi connectivity index (χ2v) is 7.25. The zero-order valence-electron chi connectivity index (χ0n) is 13.4. The van der Waals surface area contributed by atoms with Crippen molar-refractivity contribution >= 4 is 21.8 Å². The first-order chi connectivity index (χ1) is 9.66. The lowest BCUT2D eigenvalue weighted by atomic mass is 9.93. The molecule has 1 aromatic carbocycles. The summed E-state index contributed by atoms with van der Waals surface area (Å²) >= 11 is 3.41. The van der Waals surface area contributed by atoms with E-state index in [1.807, 2.05) is 39.8 Å². The van der Waals surface area contributed by atoms with Gasteiger partial charge in [-0.05, 0) is 44.0 Å². The van der Waals surface area contributed by atoms with E-state index in [1.165, 1.54) is 0 Å². The van der Waals surface area contributed by atoms with Gasteiger partial charge >= 0.3 is 0 Å². The normalized spacial score (nSPS) is 11.6. The summed E-state index contributed by atoms with van der Waals surface area (Å²) in [6.07, 6.45) is 0.0108. The maximum Gasteiger partial charge on any atom is 0.257 e. The van der Waals surface area contributed by atoms with E-state index in [0.29, 0.717) is 24.4 Å². The minimum Gasteiger partial charge on any atom is -0.490 e. The maximum atomic E-state index is 12.6. The summed E-state index contributed by atoms with van der Waals surface area (Å²) in [5.74, 6) is 0.543. The molecule has 2 N–H and O–H groups in total. The lowest BCUT2D eigenvalue weighted by Crippen LogP contribution is -2.39. The summed E-state index contributed by atoms with van der Waals surface area (Å²) in [5.41, 5.74) is 6.20. The van der Waals surface area contributed by atoms with Crippen LogP contribution in [-0.4, -0.2) is 37.0 Å². The minimum absolute atomic E-state index is 0.0108. The SMILES string of the molecule is CC(C)Oc1cc(Br)ccc1C(=O)N(C)CC(C)(C)CN. The van der Waals surface area contributed by atoms with Crippen LogP contribution in [0.1, 0.15) is 38.1 Å². The van der Waals surface area contributed by atoms with Gasteiger partial charge in [0.25, 0.3) is 5.91 Å². The second kappa shape index (κ2) is 7.27. The molecule has 5 heteroatoms. The number of nitrogens with two attached hydrogens (primary N) is 1. The Morgan fingerprint density at radius 3 is 2.57 bits per heavy atom. The molecule has 0 radical (unpaired) electrons. The molecule has 0 aliphatic heterocycles. The molecule has 21 heavy (non-hydrogen) atoms. The van der Waals surface area contributed by atoms with Crippen molar-refractivity contribution in [3.8, 4) is 5.75 Å². The van der Waals surface area contributed by atoms with Crippen molar-refractivity contribution in [1.29, 1.82) is 0 Å². The first kappa shape index (κ1) is 18.0. The van der Waals surface area contributed by atoms with Gasteiger partial charge in [-0.3, -0.25) is 4.79 Å². The third-order valence-electron chi connectivity index (χ3n) is 3.10. The molecule has 0 fully saturated rings. The van der Waals surface area contributed by atoms with Crippen molar-refractivity contribution in [3.05, 3.63) is 28.2 Å². The molecule has 0 heterocycles. The molecule has 0 saturated heterocycles. The molecular weight excluding hydrogens is 332 g/mol. The average Bonchev–Trinajstić information content (AvgIpc) is 2.37. The standard InChI is InChI=1S/C16H25BrN2O2/c1-11(2)21-14-8-12(17)6-7-13(14)15(20)19(5)10-16(3,4)9-18/h6-8,11H,9-10,18H2,1-5H3. The van der Waals surface area contributed by atoms with Crippen molar-refractivity contribution in [2.24, 2.45) is 11.1 Å². The molecule has 0 unspecified atom stereocenters. The monoisotopic (exact) mass is 356 g/mol. The smallest absolute Gasteiger partial charge is 0.257 e. The van der Waals surface area contributed by atoms with E-state index in [0.717, 1.165) is 4.47 Å². The second-order valence-electron chi connectivity index (χ2n) is 6.34. The van der Waals surface area contributed by atoms with E-state index in [9.17, 15) is 4.79 Å². The van der Waals surface area contributed by atoms with E-state index in [1.54, 1.807) is 18.0 Å². The predicted octanol–water partition coefficient (Wildman–Crippen LogP) is 3.29. The molecular formula is C16H25BrN2O2. The molecule has 0 atom stereocenters. The number of hydrogen-bond donors (Lipinski definition) is 1. The molecule has 0 saturated carbocycles. The van der Waals surface area contributed by atoms with Crippen LogP contribution < -0.4 is 10.5 Å². The highest BCUT2D eigenvalue weighted by Gasteiger charge is 2.24. The summed E-state index contributed by atoms with van der Waals surface area (Å²) in [6, 6.07) is 5.47. The largest absolute Gasteiger partial charge is 0.490 e. The highest BCUT2D eigenvalue weighted by atomic mass is 79.9. The summed E-state index contributed by atoms with van der Waals surface area (Å²) < 4.78 is 6.64. The molecule has 1 amide bonds. The Hall–Kier alpha value is -1.07. The van der Waals surface area contributed by atoms with Gasteiger partial charge in [0.05, 0.1) is 11.7 Å². The molecule has 4 nitrogen and oxygen atoms in total. The van der Waals surface area contributed by atoms with Gasteiger partial charge in [-0.2, -0.15) is 0 Å². The fourth-order valence-electron chi connectivity index (χ4n) is 2.01. The van der Waals surface area contributed by atoms with Gasteiger partial charge in [0.15, 0.2) is 0 Å². The fraction of sp³-hybridized carbons (Fsp3) is 0.562. The number of nitrogens with zero attached hydrogens (tertiary/aromatic N) is 1. The van der Waals surface area contributed by atoms with Gasteiger partial charge in [-0.1, -0.05) is 29.8 Å². The zero-order chi connectivity index (χ0) is 16.2. The van der Waals surface area contributed by atoms with Crippen molar-refractivity contribution in [3.63, 3.8) is 0 Å².